The van der Waals surface area contributed by atoms with Gasteiger partial charge in [0.05, 0.1) is 32.2 Å². The second-order valence-electron chi connectivity index (χ2n) is 7.26. The van der Waals surface area contributed by atoms with E-state index in [-0.39, 0.29) is 36.6 Å². The van der Waals surface area contributed by atoms with Crippen LogP contribution in [-0.4, -0.2) is 69.1 Å². The Balaban J connectivity index is 0.000000470. The van der Waals surface area contributed by atoms with Crippen molar-refractivity contribution in [2.45, 2.75) is 77.5 Å². The molecule has 0 aromatic rings. The highest BCUT2D eigenvalue weighted by atomic mass is 16.5. The first-order chi connectivity index (χ1) is 11.0. The van der Waals surface area contributed by atoms with Crippen LogP contribution in [0.1, 0.15) is 60.3 Å². The molecule has 0 unspecified atom stereocenters. The first-order valence-electron chi connectivity index (χ1n) is 8.40. The van der Waals surface area contributed by atoms with Crippen molar-refractivity contribution in [2.24, 2.45) is 0 Å². The van der Waals surface area contributed by atoms with E-state index >= 15 is 0 Å². The molecule has 7 nitrogen and oxygen atoms in total. The number of aliphatic hydroxyl groups excluding tert-OH is 2. The van der Waals surface area contributed by atoms with Gasteiger partial charge >= 0.3 is 11.9 Å². The van der Waals surface area contributed by atoms with Crippen molar-refractivity contribution in [1.29, 1.82) is 0 Å². The van der Waals surface area contributed by atoms with E-state index in [1.807, 2.05) is 0 Å². The molecule has 0 atom stereocenters. The summed E-state index contributed by atoms with van der Waals surface area (Å²) in [5, 5.41) is 26.9. The fourth-order valence-corrected chi connectivity index (χ4v) is 3.41. The lowest BCUT2D eigenvalue weighted by molar-refractivity contribution is -0.147. The van der Waals surface area contributed by atoms with Crippen LogP contribution < -0.4 is 0 Å². The zero-order chi connectivity index (χ0) is 19.0. The molecule has 24 heavy (non-hydrogen) atoms. The lowest BCUT2D eigenvalue weighted by atomic mass is 9.78. The van der Waals surface area contributed by atoms with Gasteiger partial charge in [-0.25, -0.2) is 0 Å². The van der Waals surface area contributed by atoms with Crippen molar-refractivity contribution < 1.29 is 29.6 Å². The molecular weight excluding hydrogens is 314 g/mol. The number of ether oxygens (including phenoxy) is 1. The summed E-state index contributed by atoms with van der Waals surface area (Å²) in [7, 11) is 0. The Morgan fingerprint density at radius 1 is 1.12 bits per heavy atom. The zero-order valence-electron chi connectivity index (χ0n) is 15.5. The number of carboxylic acid groups (broad SMARTS) is 1. The largest absolute Gasteiger partial charge is 0.481 e. The van der Waals surface area contributed by atoms with E-state index in [0.29, 0.717) is 13.2 Å². The van der Waals surface area contributed by atoms with Gasteiger partial charge in [-0.1, -0.05) is 0 Å². The van der Waals surface area contributed by atoms with E-state index < -0.39 is 11.9 Å². The number of rotatable bonds is 6. The second-order valence-corrected chi connectivity index (χ2v) is 7.26. The molecule has 1 rings (SSSR count). The number of esters is 1. The van der Waals surface area contributed by atoms with Gasteiger partial charge in [-0.15, -0.1) is 0 Å². The highest BCUT2D eigenvalue weighted by Crippen LogP contribution is 2.37. The van der Waals surface area contributed by atoms with Crippen LogP contribution in [0.3, 0.4) is 0 Å². The molecule has 1 saturated heterocycles. The lowest BCUT2D eigenvalue weighted by Crippen LogP contribution is -2.62. The summed E-state index contributed by atoms with van der Waals surface area (Å²) < 4.78 is 4.49. The molecule has 0 saturated carbocycles. The fourth-order valence-electron chi connectivity index (χ4n) is 3.41. The van der Waals surface area contributed by atoms with Gasteiger partial charge in [-0.05, 0) is 47.5 Å². The minimum absolute atomic E-state index is 0.0239. The fraction of sp³-hybridized carbons (Fsp3) is 0.882. The molecule has 0 aliphatic carbocycles. The van der Waals surface area contributed by atoms with Crippen LogP contribution in [0.15, 0.2) is 0 Å². The average molecular weight is 347 g/mol. The number of piperidine rings is 1. The molecule has 1 fully saturated rings. The number of β-amino-alcohol motifs (C(OH)–C–C–N with tert-alkyl or cyclic N) is 1. The molecule has 0 spiro atoms. The Morgan fingerprint density at radius 3 is 2.00 bits per heavy atom. The minimum atomic E-state index is -0.979. The van der Waals surface area contributed by atoms with Crippen LogP contribution in [0.5, 0.6) is 0 Å². The van der Waals surface area contributed by atoms with Gasteiger partial charge < -0.3 is 20.1 Å². The highest BCUT2D eigenvalue weighted by Gasteiger charge is 2.44. The van der Waals surface area contributed by atoms with Gasteiger partial charge in [0.1, 0.15) is 0 Å². The van der Waals surface area contributed by atoms with Gasteiger partial charge in [-0.3, -0.25) is 14.5 Å². The smallest absolute Gasteiger partial charge is 0.306 e. The third-order valence-electron chi connectivity index (χ3n) is 4.10. The van der Waals surface area contributed by atoms with E-state index in [9.17, 15) is 14.7 Å². The summed E-state index contributed by atoms with van der Waals surface area (Å²) in [4.78, 5) is 22.7. The van der Waals surface area contributed by atoms with Crippen LogP contribution in [0.4, 0.5) is 0 Å². The van der Waals surface area contributed by atoms with E-state index in [1.54, 1.807) is 6.92 Å². The maximum absolute atomic E-state index is 10.5. The van der Waals surface area contributed by atoms with E-state index in [1.165, 1.54) is 0 Å². The van der Waals surface area contributed by atoms with Crippen molar-refractivity contribution in [2.75, 3.05) is 19.8 Å². The lowest BCUT2D eigenvalue weighted by Gasteiger charge is -2.54. The maximum Gasteiger partial charge on any atom is 0.306 e. The van der Waals surface area contributed by atoms with Gasteiger partial charge in [0.15, 0.2) is 0 Å². The predicted molar refractivity (Wildman–Crippen MR) is 90.7 cm³/mol. The van der Waals surface area contributed by atoms with Crippen LogP contribution in [0.2, 0.25) is 0 Å². The molecule has 1 aliphatic rings. The van der Waals surface area contributed by atoms with Crippen LogP contribution in [0.25, 0.3) is 0 Å². The monoisotopic (exact) mass is 347 g/mol. The highest BCUT2D eigenvalue weighted by molar-refractivity contribution is 5.76. The first-order valence-corrected chi connectivity index (χ1v) is 8.40. The SMILES string of the molecule is CC1(C)CC(O)CC(C)(C)N1CCO.CCOC(=O)CCC(=O)O. The molecule has 0 aromatic carbocycles. The summed E-state index contributed by atoms with van der Waals surface area (Å²) in [5.41, 5.74) is -0.0478. The predicted octanol–water partition coefficient (Wildman–Crippen LogP) is 1.41. The number of nitrogens with zero attached hydrogens (tertiary/aromatic N) is 1. The number of carboxylic acids is 1. The van der Waals surface area contributed by atoms with Gasteiger partial charge in [-0.2, -0.15) is 0 Å². The zero-order valence-corrected chi connectivity index (χ0v) is 15.5. The van der Waals surface area contributed by atoms with Crippen LogP contribution >= 0.6 is 0 Å². The number of likely N-dealkylation sites (tertiary alicyclic amines) is 1. The molecule has 0 aromatic heterocycles. The van der Waals surface area contributed by atoms with Crippen molar-refractivity contribution in [3.8, 4) is 0 Å². The number of carbonyl (C=O) groups is 2. The molecular formula is C17H33NO6. The van der Waals surface area contributed by atoms with Crippen molar-refractivity contribution in [3.63, 3.8) is 0 Å². The Bertz CT molecular complexity index is 390. The van der Waals surface area contributed by atoms with Crippen LogP contribution in [0, 0.1) is 0 Å². The summed E-state index contributed by atoms with van der Waals surface area (Å²) >= 11 is 0. The summed E-state index contributed by atoms with van der Waals surface area (Å²) in [6.07, 6.45) is 1.17. The van der Waals surface area contributed by atoms with Crippen molar-refractivity contribution in [1.82, 2.24) is 4.90 Å². The number of aliphatic hydroxyl groups is 2. The Hall–Kier alpha value is -1.18. The molecule has 3 N–H and O–H groups in total. The number of carbonyl (C=O) groups excluding carboxylic acids is 1. The normalized spacial score (nSPS) is 20.0. The molecule has 1 heterocycles. The van der Waals surface area contributed by atoms with Gasteiger partial charge in [0.25, 0.3) is 0 Å². The average Bonchev–Trinajstić information content (AvgIpc) is 2.40. The molecule has 7 heteroatoms. The second kappa shape index (κ2) is 9.96. The van der Waals surface area contributed by atoms with Crippen LogP contribution in [-0.2, 0) is 14.3 Å². The Labute approximate surface area is 144 Å². The molecule has 1 aliphatic heterocycles. The molecule has 142 valence electrons. The molecule has 0 bridgehead atoms. The number of aliphatic carboxylic acids is 1. The molecule has 0 radical (unpaired) electrons. The van der Waals surface area contributed by atoms with E-state index in [4.69, 9.17) is 10.2 Å². The topological polar surface area (TPSA) is 107 Å². The summed E-state index contributed by atoms with van der Waals surface area (Å²) in [6, 6.07) is 0. The summed E-state index contributed by atoms with van der Waals surface area (Å²) in [5.74, 6) is -1.43. The minimum Gasteiger partial charge on any atom is -0.481 e. The Kier molecular flexibility index (Phi) is 9.47. The third-order valence-corrected chi connectivity index (χ3v) is 4.10. The Morgan fingerprint density at radius 2 is 1.62 bits per heavy atom. The molecule has 0 amide bonds. The quantitative estimate of drug-likeness (QED) is 0.624. The first kappa shape index (κ1) is 22.8. The van der Waals surface area contributed by atoms with E-state index in [2.05, 4.69) is 37.3 Å². The van der Waals surface area contributed by atoms with Gasteiger partial charge in [0, 0.05) is 17.6 Å². The number of hydrogen-bond acceptors (Lipinski definition) is 6. The van der Waals surface area contributed by atoms with Crippen molar-refractivity contribution in [3.05, 3.63) is 0 Å². The maximum atomic E-state index is 10.5. The third kappa shape index (κ3) is 8.08. The van der Waals surface area contributed by atoms with Gasteiger partial charge in [0.2, 0.25) is 0 Å². The van der Waals surface area contributed by atoms with E-state index in [0.717, 1.165) is 12.8 Å². The van der Waals surface area contributed by atoms with Crippen molar-refractivity contribution >= 4 is 11.9 Å². The summed E-state index contributed by atoms with van der Waals surface area (Å²) in [6.45, 7) is 11.4. The standard InChI is InChI=1S/C11H23NO2.C6H10O4/c1-10(2)7-9(14)8-11(3,4)12(10)5-6-13;1-2-10-6(9)4-3-5(7)8/h9,13-14H,5-8H2,1-4H3;2-4H2,1H3,(H,7,8). The number of hydrogen-bond donors (Lipinski definition) is 3.